The SMILES string of the molecule is C(#Cc1ccc2c(c1)sc1c2ccc2c3ccc(C#Cc4ccccc4)cc3sc21)c1ccccc1. The zero-order valence-corrected chi connectivity index (χ0v) is 20.8. The molecule has 0 spiro atoms. The molecular formula is C34H18S2. The zero-order chi connectivity index (χ0) is 23.9. The van der Waals surface area contributed by atoms with Gasteiger partial charge in [-0.25, -0.2) is 0 Å². The number of hydrogen-bond acceptors (Lipinski definition) is 2. The molecule has 0 N–H and O–H groups in total. The highest BCUT2D eigenvalue weighted by molar-refractivity contribution is 7.33. The van der Waals surface area contributed by atoms with Gasteiger partial charge in [-0.2, -0.15) is 0 Å². The van der Waals surface area contributed by atoms with E-state index in [0.29, 0.717) is 0 Å². The molecule has 0 fully saturated rings. The molecule has 7 rings (SSSR count). The van der Waals surface area contributed by atoms with Gasteiger partial charge in [0.25, 0.3) is 0 Å². The molecule has 2 aromatic heterocycles. The molecule has 0 aliphatic heterocycles. The number of thiophene rings is 2. The molecule has 0 saturated carbocycles. The van der Waals surface area contributed by atoms with E-state index in [9.17, 15) is 0 Å². The van der Waals surface area contributed by atoms with E-state index < -0.39 is 0 Å². The van der Waals surface area contributed by atoms with Crippen LogP contribution in [0.2, 0.25) is 0 Å². The minimum atomic E-state index is 1.04. The molecule has 166 valence electrons. The lowest BCUT2D eigenvalue weighted by molar-refractivity contribution is 1.64. The summed E-state index contributed by atoms with van der Waals surface area (Å²) in [6.45, 7) is 0. The molecule has 0 bridgehead atoms. The minimum Gasteiger partial charge on any atom is -0.134 e. The van der Waals surface area contributed by atoms with Crippen molar-refractivity contribution in [1.29, 1.82) is 0 Å². The van der Waals surface area contributed by atoms with Gasteiger partial charge in [-0.1, -0.05) is 84.3 Å². The average molecular weight is 491 g/mol. The van der Waals surface area contributed by atoms with Gasteiger partial charge in [-0.05, 0) is 48.5 Å². The van der Waals surface area contributed by atoms with E-state index in [1.807, 2.05) is 83.3 Å². The van der Waals surface area contributed by atoms with Crippen LogP contribution in [0, 0.1) is 23.7 Å². The third kappa shape index (κ3) is 3.74. The topological polar surface area (TPSA) is 0 Å². The Labute approximate surface area is 217 Å². The first kappa shape index (κ1) is 21.0. The minimum absolute atomic E-state index is 1.04. The second-order valence-electron chi connectivity index (χ2n) is 8.68. The van der Waals surface area contributed by atoms with Gasteiger partial charge in [0, 0.05) is 53.2 Å². The lowest BCUT2D eigenvalue weighted by Gasteiger charge is -1.95. The Morgan fingerprint density at radius 3 is 1.19 bits per heavy atom. The molecule has 36 heavy (non-hydrogen) atoms. The highest BCUT2D eigenvalue weighted by Gasteiger charge is 2.13. The highest BCUT2D eigenvalue weighted by atomic mass is 32.1. The molecule has 0 nitrogen and oxygen atoms in total. The van der Waals surface area contributed by atoms with E-state index in [2.05, 4.69) is 72.2 Å². The summed E-state index contributed by atoms with van der Waals surface area (Å²) in [5, 5.41) is 5.24. The van der Waals surface area contributed by atoms with Crippen molar-refractivity contribution in [1.82, 2.24) is 0 Å². The molecule has 2 heteroatoms. The molecular weight excluding hydrogens is 473 g/mol. The maximum absolute atomic E-state index is 3.33. The van der Waals surface area contributed by atoms with Crippen LogP contribution in [-0.2, 0) is 0 Å². The third-order valence-corrected chi connectivity index (χ3v) is 8.83. The first-order valence-corrected chi connectivity index (χ1v) is 13.4. The summed E-state index contributed by atoms with van der Waals surface area (Å²) in [6, 6.07) is 38.0. The number of rotatable bonds is 0. The second kappa shape index (κ2) is 8.71. The van der Waals surface area contributed by atoms with Crippen LogP contribution in [0.15, 0.2) is 109 Å². The normalized spacial score (nSPS) is 10.9. The van der Waals surface area contributed by atoms with Crippen LogP contribution in [-0.4, -0.2) is 0 Å². The van der Waals surface area contributed by atoms with Crippen LogP contribution in [0.4, 0.5) is 0 Å². The van der Waals surface area contributed by atoms with E-state index in [1.165, 1.54) is 40.3 Å². The van der Waals surface area contributed by atoms with Gasteiger partial charge in [0.2, 0.25) is 0 Å². The number of fused-ring (bicyclic) bond motifs is 7. The van der Waals surface area contributed by atoms with Gasteiger partial charge in [-0.3, -0.25) is 0 Å². The van der Waals surface area contributed by atoms with Crippen LogP contribution in [0.3, 0.4) is 0 Å². The summed E-state index contributed by atoms with van der Waals surface area (Å²) >= 11 is 3.74. The van der Waals surface area contributed by atoms with Crippen molar-refractivity contribution in [2.75, 3.05) is 0 Å². The molecule has 0 aliphatic carbocycles. The summed E-state index contributed by atoms with van der Waals surface area (Å²) < 4.78 is 5.27. The van der Waals surface area contributed by atoms with Crippen molar-refractivity contribution in [3.8, 4) is 23.7 Å². The van der Waals surface area contributed by atoms with E-state index in [1.54, 1.807) is 0 Å². The van der Waals surface area contributed by atoms with Gasteiger partial charge < -0.3 is 0 Å². The van der Waals surface area contributed by atoms with Crippen LogP contribution in [0.25, 0.3) is 40.3 Å². The highest BCUT2D eigenvalue weighted by Crippen LogP contribution is 2.44. The van der Waals surface area contributed by atoms with E-state index in [-0.39, 0.29) is 0 Å². The van der Waals surface area contributed by atoms with Crippen molar-refractivity contribution >= 4 is 63.0 Å². The second-order valence-corrected chi connectivity index (χ2v) is 10.8. The molecule has 0 aliphatic rings. The summed E-state index contributed by atoms with van der Waals surface area (Å²) in [5.74, 6) is 13.2. The number of hydrogen-bond donors (Lipinski definition) is 0. The van der Waals surface area contributed by atoms with E-state index in [4.69, 9.17) is 0 Å². The quantitative estimate of drug-likeness (QED) is 0.186. The Bertz CT molecular complexity index is 1880. The average Bonchev–Trinajstić information content (AvgIpc) is 3.49. The molecule has 0 saturated heterocycles. The van der Waals surface area contributed by atoms with Crippen molar-refractivity contribution in [2.45, 2.75) is 0 Å². The summed E-state index contributed by atoms with van der Waals surface area (Å²) in [6.07, 6.45) is 0. The first-order valence-electron chi connectivity index (χ1n) is 11.8. The van der Waals surface area contributed by atoms with Crippen molar-refractivity contribution in [2.24, 2.45) is 0 Å². The third-order valence-electron chi connectivity index (χ3n) is 6.33. The van der Waals surface area contributed by atoms with E-state index in [0.717, 1.165) is 22.3 Å². The number of benzene rings is 5. The predicted molar refractivity (Wildman–Crippen MR) is 157 cm³/mol. The molecule has 0 amide bonds. The van der Waals surface area contributed by atoms with Gasteiger partial charge in [0.1, 0.15) is 0 Å². The zero-order valence-electron chi connectivity index (χ0n) is 19.2. The van der Waals surface area contributed by atoms with E-state index >= 15 is 0 Å². The van der Waals surface area contributed by atoms with Gasteiger partial charge in [-0.15, -0.1) is 22.7 Å². The van der Waals surface area contributed by atoms with Crippen molar-refractivity contribution in [3.05, 3.63) is 131 Å². The smallest absolute Gasteiger partial charge is 0.0534 e. The van der Waals surface area contributed by atoms with Gasteiger partial charge >= 0.3 is 0 Å². The summed E-state index contributed by atoms with van der Waals surface area (Å²) in [5.41, 5.74) is 4.17. The maximum atomic E-state index is 3.33. The molecule has 7 aromatic rings. The summed E-state index contributed by atoms with van der Waals surface area (Å²) in [7, 11) is 0. The molecule has 2 heterocycles. The van der Waals surface area contributed by atoms with Gasteiger partial charge in [0.05, 0.1) is 9.40 Å². The summed E-state index contributed by atoms with van der Waals surface area (Å²) in [4.78, 5) is 0. The van der Waals surface area contributed by atoms with Crippen LogP contribution >= 0.6 is 22.7 Å². The fourth-order valence-corrected chi connectivity index (χ4v) is 7.17. The Morgan fingerprint density at radius 1 is 0.361 bits per heavy atom. The fraction of sp³-hybridized carbons (Fsp3) is 0. The largest absolute Gasteiger partial charge is 0.134 e. The molecule has 0 unspecified atom stereocenters. The fourth-order valence-electron chi connectivity index (χ4n) is 4.56. The van der Waals surface area contributed by atoms with Crippen LogP contribution in [0.5, 0.6) is 0 Å². The Balaban J connectivity index is 1.33. The maximum Gasteiger partial charge on any atom is 0.0534 e. The molecule has 5 aromatic carbocycles. The van der Waals surface area contributed by atoms with Crippen molar-refractivity contribution in [3.63, 3.8) is 0 Å². The standard InChI is InChI=1S/C34H18S2/c1-3-7-23(8-4-1)11-13-25-15-17-27-29-19-20-30-28-18-16-26(14-12-24-9-5-2-6-10-24)22-32(28)36-34(30)33(29)35-31(27)21-25/h1-10,15-22H. The monoisotopic (exact) mass is 490 g/mol. The first-order chi connectivity index (χ1) is 17.8. The van der Waals surface area contributed by atoms with Crippen molar-refractivity contribution < 1.29 is 0 Å². The Morgan fingerprint density at radius 2 is 0.750 bits per heavy atom. The molecule has 0 atom stereocenters. The lowest BCUT2D eigenvalue weighted by atomic mass is 10.1. The Kier molecular flexibility index (Phi) is 5.07. The van der Waals surface area contributed by atoms with Crippen LogP contribution in [0.1, 0.15) is 22.3 Å². The predicted octanol–water partition coefficient (Wildman–Crippen LogP) is 9.22. The molecule has 0 radical (unpaired) electrons. The van der Waals surface area contributed by atoms with Crippen LogP contribution < -0.4 is 0 Å². The Hall–Kier alpha value is -4.34. The van der Waals surface area contributed by atoms with Gasteiger partial charge in [0.15, 0.2) is 0 Å². The lowest BCUT2D eigenvalue weighted by Crippen LogP contribution is -1.76.